The van der Waals surface area contributed by atoms with Crippen LogP contribution < -0.4 is 11.1 Å². The molecule has 2 aromatic rings. The highest BCUT2D eigenvalue weighted by Crippen LogP contribution is 2.27. The minimum atomic E-state index is -3.27. The van der Waals surface area contributed by atoms with Crippen molar-refractivity contribution in [3.8, 4) is 0 Å². The molecule has 1 atom stereocenters. The van der Waals surface area contributed by atoms with Crippen LogP contribution in [0.4, 0.5) is 11.4 Å². The Bertz CT molecular complexity index is 711. The highest BCUT2D eigenvalue weighted by Gasteiger charge is 2.15. The van der Waals surface area contributed by atoms with Crippen LogP contribution in [0.3, 0.4) is 0 Å². The zero-order valence-electron chi connectivity index (χ0n) is 11.5. The second kappa shape index (κ2) is 5.54. The first-order chi connectivity index (χ1) is 9.39. The number of nitrogens with two attached hydrogens (primary N) is 1. The van der Waals surface area contributed by atoms with Gasteiger partial charge in [0, 0.05) is 11.9 Å². The van der Waals surface area contributed by atoms with E-state index in [1.807, 2.05) is 31.2 Å². The van der Waals surface area contributed by atoms with Gasteiger partial charge < -0.3 is 11.1 Å². The van der Waals surface area contributed by atoms with Crippen molar-refractivity contribution >= 4 is 21.2 Å². The molecule has 1 unspecified atom stereocenters. The molecule has 2 rings (SSSR count). The van der Waals surface area contributed by atoms with Gasteiger partial charge in [0.25, 0.3) is 0 Å². The van der Waals surface area contributed by atoms with Crippen molar-refractivity contribution in [3.05, 3.63) is 54.1 Å². The Kier molecular flexibility index (Phi) is 3.99. The van der Waals surface area contributed by atoms with E-state index in [1.165, 1.54) is 6.26 Å². The SMILES string of the molecule is CC(Nc1ccccc1S(C)(=O)=O)c1ccccc1N. The summed E-state index contributed by atoms with van der Waals surface area (Å²) < 4.78 is 23.5. The van der Waals surface area contributed by atoms with Crippen LogP contribution in [0.25, 0.3) is 0 Å². The van der Waals surface area contributed by atoms with Gasteiger partial charge in [-0.15, -0.1) is 0 Å². The van der Waals surface area contributed by atoms with Crippen LogP contribution in [-0.2, 0) is 9.84 Å². The molecule has 20 heavy (non-hydrogen) atoms. The first kappa shape index (κ1) is 14.4. The summed E-state index contributed by atoms with van der Waals surface area (Å²) in [5.74, 6) is 0. The summed E-state index contributed by atoms with van der Waals surface area (Å²) in [5, 5.41) is 3.21. The van der Waals surface area contributed by atoms with E-state index in [0.717, 1.165) is 5.56 Å². The predicted molar refractivity (Wildman–Crippen MR) is 82.4 cm³/mol. The van der Waals surface area contributed by atoms with E-state index < -0.39 is 9.84 Å². The Morgan fingerprint density at radius 3 is 2.30 bits per heavy atom. The molecule has 0 fully saturated rings. The average molecular weight is 290 g/mol. The van der Waals surface area contributed by atoms with Gasteiger partial charge in [0.05, 0.1) is 16.6 Å². The molecule has 0 aliphatic rings. The number of sulfone groups is 1. The summed E-state index contributed by atoms with van der Waals surface area (Å²) in [6.07, 6.45) is 1.20. The highest BCUT2D eigenvalue weighted by molar-refractivity contribution is 7.90. The van der Waals surface area contributed by atoms with E-state index >= 15 is 0 Å². The lowest BCUT2D eigenvalue weighted by Crippen LogP contribution is -2.11. The molecule has 0 aromatic heterocycles. The Balaban J connectivity index is 2.34. The molecule has 4 nitrogen and oxygen atoms in total. The Morgan fingerprint density at radius 2 is 1.65 bits per heavy atom. The summed E-state index contributed by atoms with van der Waals surface area (Å²) >= 11 is 0. The fraction of sp³-hybridized carbons (Fsp3) is 0.200. The van der Waals surface area contributed by atoms with Crippen LogP contribution in [0, 0.1) is 0 Å². The van der Waals surface area contributed by atoms with E-state index in [4.69, 9.17) is 5.73 Å². The molecule has 0 heterocycles. The fourth-order valence-corrected chi connectivity index (χ4v) is 2.98. The van der Waals surface area contributed by atoms with Crippen molar-refractivity contribution in [2.75, 3.05) is 17.3 Å². The molecule has 106 valence electrons. The largest absolute Gasteiger partial charge is 0.398 e. The summed E-state index contributed by atoms with van der Waals surface area (Å²) in [6.45, 7) is 1.95. The van der Waals surface area contributed by atoms with E-state index in [0.29, 0.717) is 16.3 Å². The van der Waals surface area contributed by atoms with Gasteiger partial charge >= 0.3 is 0 Å². The molecule has 0 saturated heterocycles. The van der Waals surface area contributed by atoms with Gasteiger partial charge in [-0.1, -0.05) is 30.3 Å². The molecule has 3 N–H and O–H groups in total. The lowest BCUT2D eigenvalue weighted by molar-refractivity contribution is 0.602. The van der Waals surface area contributed by atoms with Crippen LogP contribution in [0.5, 0.6) is 0 Å². The van der Waals surface area contributed by atoms with E-state index in [9.17, 15) is 8.42 Å². The molecule has 5 heteroatoms. The van der Waals surface area contributed by atoms with E-state index in [1.54, 1.807) is 24.3 Å². The average Bonchev–Trinajstić information content (AvgIpc) is 2.38. The number of para-hydroxylation sites is 2. The number of hydrogen-bond donors (Lipinski definition) is 2. The number of nitrogens with one attached hydrogen (secondary N) is 1. The van der Waals surface area contributed by atoms with Crippen molar-refractivity contribution < 1.29 is 8.42 Å². The molecule has 0 radical (unpaired) electrons. The quantitative estimate of drug-likeness (QED) is 0.849. The second-order valence-corrected chi connectivity index (χ2v) is 6.75. The molecule has 0 amide bonds. The van der Waals surface area contributed by atoms with Gasteiger partial charge in [-0.05, 0) is 30.7 Å². The summed E-state index contributed by atoms with van der Waals surface area (Å²) in [6, 6.07) is 14.3. The summed E-state index contributed by atoms with van der Waals surface area (Å²) in [7, 11) is -3.27. The topological polar surface area (TPSA) is 72.2 Å². The third-order valence-electron chi connectivity index (χ3n) is 3.12. The van der Waals surface area contributed by atoms with Crippen molar-refractivity contribution in [1.82, 2.24) is 0 Å². The molecular formula is C15H18N2O2S. The van der Waals surface area contributed by atoms with Gasteiger partial charge in [-0.25, -0.2) is 8.42 Å². The maximum absolute atomic E-state index is 11.8. The van der Waals surface area contributed by atoms with Crippen LogP contribution in [0.2, 0.25) is 0 Å². The van der Waals surface area contributed by atoms with E-state index in [-0.39, 0.29) is 6.04 Å². The van der Waals surface area contributed by atoms with Crippen molar-refractivity contribution in [3.63, 3.8) is 0 Å². The number of anilines is 2. The molecule has 0 bridgehead atoms. The minimum Gasteiger partial charge on any atom is -0.398 e. The predicted octanol–water partition coefficient (Wildman–Crippen LogP) is 2.85. The van der Waals surface area contributed by atoms with Crippen LogP contribution in [0.1, 0.15) is 18.5 Å². The molecule has 0 aliphatic carbocycles. The standard InChI is InChI=1S/C15H18N2O2S/c1-11(12-7-3-4-8-13(12)16)17-14-9-5-6-10-15(14)20(2,18)19/h3-11,17H,16H2,1-2H3. The molecule has 2 aromatic carbocycles. The van der Waals surface area contributed by atoms with E-state index in [2.05, 4.69) is 5.32 Å². The third-order valence-corrected chi connectivity index (χ3v) is 4.28. The number of benzene rings is 2. The summed E-state index contributed by atoms with van der Waals surface area (Å²) in [5.41, 5.74) is 8.15. The fourth-order valence-electron chi connectivity index (χ4n) is 2.13. The number of nitrogen functional groups attached to an aromatic ring is 1. The van der Waals surface area contributed by atoms with Crippen LogP contribution in [-0.4, -0.2) is 14.7 Å². The third kappa shape index (κ3) is 3.11. The van der Waals surface area contributed by atoms with Gasteiger partial charge in [-0.2, -0.15) is 0 Å². The zero-order valence-corrected chi connectivity index (χ0v) is 12.3. The molecule has 0 saturated carbocycles. The first-order valence-corrected chi connectivity index (χ1v) is 8.19. The maximum Gasteiger partial charge on any atom is 0.177 e. The minimum absolute atomic E-state index is 0.0842. The number of hydrogen-bond acceptors (Lipinski definition) is 4. The van der Waals surface area contributed by atoms with Crippen LogP contribution >= 0.6 is 0 Å². The van der Waals surface area contributed by atoms with Gasteiger partial charge in [0.15, 0.2) is 9.84 Å². The van der Waals surface area contributed by atoms with Crippen molar-refractivity contribution in [2.45, 2.75) is 17.9 Å². The number of rotatable bonds is 4. The Hall–Kier alpha value is -2.01. The smallest absolute Gasteiger partial charge is 0.177 e. The Labute approximate surface area is 119 Å². The van der Waals surface area contributed by atoms with Crippen molar-refractivity contribution in [2.24, 2.45) is 0 Å². The Morgan fingerprint density at radius 1 is 1.05 bits per heavy atom. The van der Waals surface area contributed by atoms with Crippen molar-refractivity contribution in [1.29, 1.82) is 0 Å². The zero-order chi connectivity index (χ0) is 14.8. The first-order valence-electron chi connectivity index (χ1n) is 6.29. The van der Waals surface area contributed by atoms with Crippen LogP contribution in [0.15, 0.2) is 53.4 Å². The van der Waals surface area contributed by atoms with Gasteiger partial charge in [0.2, 0.25) is 0 Å². The maximum atomic E-state index is 11.8. The lowest BCUT2D eigenvalue weighted by Gasteiger charge is -2.19. The highest BCUT2D eigenvalue weighted by atomic mass is 32.2. The second-order valence-electron chi connectivity index (χ2n) is 4.76. The molecular weight excluding hydrogens is 272 g/mol. The summed E-state index contributed by atoms with van der Waals surface area (Å²) in [4.78, 5) is 0.293. The lowest BCUT2D eigenvalue weighted by atomic mass is 10.1. The van der Waals surface area contributed by atoms with Gasteiger partial charge in [-0.3, -0.25) is 0 Å². The molecule has 0 spiro atoms. The monoisotopic (exact) mass is 290 g/mol. The normalized spacial score (nSPS) is 12.9. The van der Waals surface area contributed by atoms with Gasteiger partial charge in [0.1, 0.15) is 0 Å². The molecule has 0 aliphatic heterocycles.